The Hall–Kier alpha value is -3.52. The maximum Gasteiger partial charge on any atom is 0.375 e. The summed E-state index contributed by atoms with van der Waals surface area (Å²) in [6.45, 7) is 1.64. The molecule has 1 atom stereocenters. The van der Waals surface area contributed by atoms with Gasteiger partial charge in [-0.1, -0.05) is 18.2 Å². The van der Waals surface area contributed by atoms with E-state index in [0.717, 1.165) is 5.39 Å². The molecular formula is C22H23NO7. The van der Waals surface area contributed by atoms with Crippen LogP contribution in [-0.2, 0) is 20.9 Å². The lowest BCUT2D eigenvalue weighted by Gasteiger charge is -2.15. The highest BCUT2D eigenvalue weighted by atomic mass is 16.6. The van der Waals surface area contributed by atoms with Crippen molar-refractivity contribution < 1.29 is 33.0 Å². The first-order valence-corrected chi connectivity index (χ1v) is 9.21. The molecule has 30 heavy (non-hydrogen) atoms. The molecule has 1 N–H and O–H groups in total. The van der Waals surface area contributed by atoms with Gasteiger partial charge in [-0.2, -0.15) is 0 Å². The molecule has 3 rings (SSSR count). The highest BCUT2D eigenvalue weighted by Gasteiger charge is 2.26. The van der Waals surface area contributed by atoms with E-state index in [-0.39, 0.29) is 12.4 Å². The van der Waals surface area contributed by atoms with Crippen molar-refractivity contribution in [2.24, 2.45) is 0 Å². The molecule has 0 saturated carbocycles. The number of methoxy groups -OCH3 is 3. The van der Waals surface area contributed by atoms with E-state index in [1.807, 2.05) is 12.1 Å². The van der Waals surface area contributed by atoms with Crippen molar-refractivity contribution in [3.8, 4) is 11.5 Å². The SMILES string of the molecule is COCc1c(C(=O)OC(C)C(=O)Nc2cc(OC)ccc2OC)oc2ccccc12. The van der Waals surface area contributed by atoms with E-state index in [2.05, 4.69) is 5.32 Å². The predicted molar refractivity (Wildman–Crippen MR) is 110 cm³/mol. The van der Waals surface area contributed by atoms with Crippen molar-refractivity contribution in [3.05, 3.63) is 53.8 Å². The zero-order chi connectivity index (χ0) is 21.7. The van der Waals surface area contributed by atoms with Crippen LogP contribution < -0.4 is 14.8 Å². The van der Waals surface area contributed by atoms with Crippen LogP contribution in [0.15, 0.2) is 46.9 Å². The van der Waals surface area contributed by atoms with E-state index in [1.54, 1.807) is 30.3 Å². The van der Waals surface area contributed by atoms with Gasteiger partial charge in [0.25, 0.3) is 5.91 Å². The zero-order valence-electron chi connectivity index (χ0n) is 17.2. The maximum absolute atomic E-state index is 12.7. The largest absolute Gasteiger partial charge is 0.497 e. The third kappa shape index (κ3) is 4.38. The Morgan fingerprint density at radius 3 is 2.53 bits per heavy atom. The first-order valence-electron chi connectivity index (χ1n) is 9.21. The number of carbonyl (C=O) groups is 2. The van der Waals surface area contributed by atoms with Gasteiger partial charge in [-0.25, -0.2) is 4.79 Å². The van der Waals surface area contributed by atoms with Crippen LogP contribution in [-0.4, -0.2) is 39.3 Å². The van der Waals surface area contributed by atoms with Crippen LogP contribution in [0.3, 0.4) is 0 Å². The number of benzene rings is 2. The van der Waals surface area contributed by atoms with Crippen molar-refractivity contribution in [1.82, 2.24) is 0 Å². The molecule has 0 radical (unpaired) electrons. The molecule has 0 spiro atoms. The van der Waals surface area contributed by atoms with Gasteiger partial charge in [0, 0.05) is 24.1 Å². The molecular weight excluding hydrogens is 390 g/mol. The molecule has 0 bridgehead atoms. The summed E-state index contributed by atoms with van der Waals surface area (Å²) in [6.07, 6.45) is -1.09. The second kappa shape index (κ2) is 9.32. The van der Waals surface area contributed by atoms with Gasteiger partial charge in [0.15, 0.2) is 6.10 Å². The number of fused-ring (bicyclic) bond motifs is 1. The second-order valence-corrected chi connectivity index (χ2v) is 6.44. The lowest BCUT2D eigenvalue weighted by atomic mass is 10.1. The third-order valence-corrected chi connectivity index (χ3v) is 4.49. The van der Waals surface area contributed by atoms with Gasteiger partial charge in [0.2, 0.25) is 5.76 Å². The van der Waals surface area contributed by atoms with Crippen LogP contribution in [0, 0.1) is 0 Å². The van der Waals surface area contributed by atoms with Crippen LogP contribution >= 0.6 is 0 Å². The monoisotopic (exact) mass is 413 g/mol. The van der Waals surface area contributed by atoms with Crippen molar-refractivity contribution in [1.29, 1.82) is 0 Å². The lowest BCUT2D eigenvalue weighted by molar-refractivity contribution is -0.123. The summed E-state index contributed by atoms with van der Waals surface area (Å²) in [7, 11) is 4.52. The highest BCUT2D eigenvalue weighted by Crippen LogP contribution is 2.30. The molecule has 0 aliphatic heterocycles. The fourth-order valence-corrected chi connectivity index (χ4v) is 2.97. The second-order valence-electron chi connectivity index (χ2n) is 6.44. The number of anilines is 1. The molecule has 2 aromatic carbocycles. The molecule has 158 valence electrons. The van der Waals surface area contributed by atoms with Crippen molar-refractivity contribution in [3.63, 3.8) is 0 Å². The first-order chi connectivity index (χ1) is 14.5. The molecule has 0 fully saturated rings. The number of furan rings is 1. The summed E-state index contributed by atoms with van der Waals surface area (Å²) >= 11 is 0. The molecule has 1 unspecified atom stereocenters. The van der Waals surface area contributed by atoms with Gasteiger partial charge in [-0.15, -0.1) is 0 Å². The number of hydrogen-bond donors (Lipinski definition) is 1. The van der Waals surface area contributed by atoms with E-state index < -0.39 is 18.0 Å². The average Bonchev–Trinajstić information content (AvgIpc) is 3.12. The summed E-state index contributed by atoms with van der Waals surface area (Å²) in [5.74, 6) is -0.279. The van der Waals surface area contributed by atoms with Gasteiger partial charge in [-0.05, 0) is 25.1 Å². The highest BCUT2D eigenvalue weighted by molar-refractivity contribution is 6.00. The van der Waals surface area contributed by atoms with Crippen LogP contribution in [0.4, 0.5) is 5.69 Å². The third-order valence-electron chi connectivity index (χ3n) is 4.49. The van der Waals surface area contributed by atoms with Crippen molar-refractivity contribution >= 4 is 28.5 Å². The molecule has 1 aromatic heterocycles. The normalized spacial score (nSPS) is 11.7. The molecule has 8 nitrogen and oxygen atoms in total. The van der Waals surface area contributed by atoms with E-state index >= 15 is 0 Å². The number of rotatable bonds is 8. The molecule has 8 heteroatoms. The fourth-order valence-electron chi connectivity index (χ4n) is 2.97. The minimum Gasteiger partial charge on any atom is -0.497 e. The number of carbonyl (C=O) groups excluding carboxylic acids is 2. The number of ether oxygens (including phenoxy) is 4. The number of para-hydroxylation sites is 1. The molecule has 1 amide bonds. The van der Waals surface area contributed by atoms with Gasteiger partial charge < -0.3 is 28.7 Å². The Balaban J connectivity index is 1.77. The maximum atomic E-state index is 12.7. The summed E-state index contributed by atoms with van der Waals surface area (Å²) < 4.78 is 26.6. The Morgan fingerprint density at radius 2 is 1.83 bits per heavy atom. The molecule has 0 aliphatic carbocycles. The average molecular weight is 413 g/mol. The Kier molecular flexibility index (Phi) is 6.58. The van der Waals surface area contributed by atoms with Gasteiger partial charge in [0.1, 0.15) is 17.1 Å². The van der Waals surface area contributed by atoms with Gasteiger partial charge in [0.05, 0.1) is 26.5 Å². The molecule has 0 aliphatic rings. The van der Waals surface area contributed by atoms with Crippen LogP contribution in [0.2, 0.25) is 0 Å². The number of nitrogens with one attached hydrogen (secondary N) is 1. The van der Waals surface area contributed by atoms with Gasteiger partial charge in [-0.3, -0.25) is 4.79 Å². The van der Waals surface area contributed by atoms with E-state index in [9.17, 15) is 9.59 Å². The zero-order valence-corrected chi connectivity index (χ0v) is 17.2. The fraction of sp³-hybridized carbons (Fsp3) is 0.273. The van der Waals surface area contributed by atoms with E-state index in [1.165, 1.54) is 28.3 Å². The molecule has 1 heterocycles. The number of esters is 1. The molecule has 0 saturated heterocycles. The van der Waals surface area contributed by atoms with Crippen LogP contribution in [0.1, 0.15) is 23.0 Å². The predicted octanol–water partition coefficient (Wildman–Crippen LogP) is 3.78. The molecule has 3 aromatic rings. The first kappa shape index (κ1) is 21.2. The van der Waals surface area contributed by atoms with E-state index in [0.29, 0.717) is 28.3 Å². The Labute approximate surface area is 173 Å². The lowest BCUT2D eigenvalue weighted by Crippen LogP contribution is -2.30. The Morgan fingerprint density at radius 1 is 1.07 bits per heavy atom. The van der Waals surface area contributed by atoms with Gasteiger partial charge >= 0.3 is 5.97 Å². The Bertz CT molecular complexity index is 1060. The quantitative estimate of drug-likeness (QED) is 0.562. The number of amides is 1. The van der Waals surface area contributed by atoms with Crippen molar-refractivity contribution in [2.45, 2.75) is 19.6 Å². The minimum absolute atomic E-state index is 0.0108. The summed E-state index contributed by atoms with van der Waals surface area (Å²) in [4.78, 5) is 25.3. The summed E-state index contributed by atoms with van der Waals surface area (Å²) in [6, 6.07) is 12.2. The number of hydrogen-bond acceptors (Lipinski definition) is 7. The van der Waals surface area contributed by atoms with Crippen LogP contribution in [0.25, 0.3) is 11.0 Å². The van der Waals surface area contributed by atoms with Crippen LogP contribution in [0.5, 0.6) is 11.5 Å². The van der Waals surface area contributed by atoms with E-state index in [4.69, 9.17) is 23.4 Å². The standard InChI is InChI=1S/C22H23NO7/c1-13(21(24)23-17-11-14(27-3)9-10-19(17)28-4)29-22(25)20-16(12-26-2)15-7-5-6-8-18(15)30-20/h5-11,13H,12H2,1-4H3,(H,23,24). The summed E-state index contributed by atoms with van der Waals surface area (Å²) in [5, 5.41) is 3.44. The smallest absolute Gasteiger partial charge is 0.375 e. The van der Waals surface area contributed by atoms with Crippen molar-refractivity contribution in [2.75, 3.05) is 26.6 Å². The summed E-state index contributed by atoms with van der Waals surface area (Å²) in [5.41, 5.74) is 1.50. The topological polar surface area (TPSA) is 96.2 Å². The minimum atomic E-state index is -1.09.